The number of rotatable bonds is 4. The molecule has 0 bridgehead atoms. The average Bonchev–Trinajstić information content (AvgIpc) is 3.12. The molecule has 1 aliphatic carbocycles. The second-order valence-electron chi connectivity index (χ2n) is 6.36. The summed E-state index contributed by atoms with van der Waals surface area (Å²) >= 11 is 0. The Kier molecular flexibility index (Phi) is 3.57. The molecule has 1 saturated carbocycles. The zero-order chi connectivity index (χ0) is 14.2. The van der Waals surface area contributed by atoms with Crippen molar-refractivity contribution in [1.82, 2.24) is 0 Å². The van der Waals surface area contributed by atoms with Crippen molar-refractivity contribution in [1.29, 1.82) is 0 Å². The number of benzene rings is 1. The van der Waals surface area contributed by atoms with Crippen molar-refractivity contribution in [2.75, 3.05) is 7.11 Å². The Bertz CT molecular complexity index is 481. The third kappa shape index (κ3) is 2.91. The molecule has 104 valence electrons. The number of carboxylic acid groups (broad SMARTS) is 1. The van der Waals surface area contributed by atoms with Crippen molar-refractivity contribution in [3.63, 3.8) is 0 Å². The molecule has 0 heterocycles. The summed E-state index contributed by atoms with van der Waals surface area (Å²) in [4.78, 5) is 11.6. The first kappa shape index (κ1) is 13.9. The first-order chi connectivity index (χ1) is 8.84. The van der Waals surface area contributed by atoms with Gasteiger partial charge >= 0.3 is 5.97 Å². The summed E-state index contributed by atoms with van der Waals surface area (Å²) in [7, 11) is 1.60. The van der Waals surface area contributed by atoms with E-state index in [1.165, 1.54) is 0 Å². The molecule has 3 nitrogen and oxygen atoms in total. The van der Waals surface area contributed by atoms with Gasteiger partial charge < -0.3 is 9.84 Å². The van der Waals surface area contributed by atoms with E-state index in [1.807, 2.05) is 18.2 Å². The molecule has 1 N–H and O–H groups in total. The number of carboxylic acids is 1. The summed E-state index contributed by atoms with van der Waals surface area (Å²) in [5.74, 6) is -0.224. The molecular formula is C16H22O3. The molecule has 0 aromatic heterocycles. The first-order valence-corrected chi connectivity index (χ1v) is 6.76. The van der Waals surface area contributed by atoms with Crippen LogP contribution in [0.5, 0.6) is 5.75 Å². The predicted molar refractivity (Wildman–Crippen MR) is 74.8 cm³/mol. The predicted octanol–water partition coefficient (Wildman–Crippen LogP) is 3.57. The van der Waals surface area contributed by atoms with Gasteiger partial charge in [0, 0.05) is 5.56 Å². The molecular weight excluding hydrogens is 240 g/mol. The Balaban J connectivity index is 2.48. The van der Waals surface area contributed by atoms with Gasteiger partial charge in [-0.25, -0.2) is 0 Å². The molecule has 1 fully saturated rings. The Hall–Kier alpha value is -1.51. The monoisotopic (exact) mass is 262 g/mol. The maximum absolute atomic E-state index is 11.6. The number of methoxy groups -OCH3 is 1. The minimum absolute atomic E-state index is 0.00757. The van der Waals surface area contributed by atoms with E-state index < -0.39 is 11.9 Å². The molecule has 1 aliphatic rings. The van der Waals surface area contributed by atoms with Crippen LogP contribution >= 0.6 is 0 Å². The van der Waals surface area contributed by atoms with Crippen LogP contribution in [0.4, 0.5) is 0 Å². The van der Waals surface area contributed by atoms with E-state index >= 15 is 0 Å². The van der Waals surface area contributed by atoms with Gasteiger partial charge in [0.05, 0.1) is 13.0 Å². The summed E-state index contributed by atoms with van der Waals surface area (Å²) in [6.07, 6.45) is 2.00. The largest absolute Gasteiger partial charge is 0.496 e. The third-order valence-corrected chi connectivity index (χ3v) is 3.79. The molecule has 2 rings (SSSR count). The van der Waals surface area contributed by atoms with Crippen molar-refractivity contribution in [2.24, 2.45) is 5.92 Å². The lowest BCUT2D eigenvalue weighted by Gasteiger charge is -2.23. The second kappa shape index (κ2) is 4.87. The van der Waals surface area contributed by atoms with Crippen LogP contribution in [0.3, 0.4) is 0 Å². The fourth-order valence-corrected chi connectivity index (χ4v) is 2.46. The van der Waals surface area contributed by atoms with E-state index in [-0.39, 0.29) is 11.3 Å². The van der Waals surface area contributed by atoms with E-state index in [2.05, 4.69) is 20.8 Å². The summed E-state index contributed by atoms with van der Waals surface area (Å²) in [5.41, 5.74) is 1.98. The zero-order valence-corrected chi connectivity index (χ0v) is 12.1. The highest BCUT2D eigenvalue weighted by Gasteiger charge is 2.39. The zero-order valence-electron chi connectivity index (χ0n) is 12.1. The van der Waals surface area contributed by atoms with Crippen LogP contribution < -0.4 is 4.74 Å². The van der Waals surface area contributed by atoms with Gasteiger partial charge in [0.15, 0.2) is 0 Å². The quantitative estimate of drug-likeness (QED) is 0.902. The minimum Gasteiger partial charge on any atom is -0.496 e. The number of aliphatic carboxylic acids is 1. The Labute approximate surface area is 114 Å². The van der Waals surface area contributed by atoms with Crippen LogP contribution in [0.15, 0.2) is 18.2 Å². The maximum Gasteiger partial charge on any atom is 0.311 e. The summed E-state index contributed by atoms with van der Waals surface area (Å²) < 4.78 is 5.36. The van der Waals surface area contributed by atoms with Gasteiger partial charge in [-0.05, 0) is 35.8 Å². The van der Waals surface area contributed by atoms with Gasteiger partial charge in [0.25, 0.3) is 0 Å². The summed E-state index contributed by atoms with van der Waals surface area (Å²) in [6.45, 7) is 6.39. The smallest absolute Gasteiger partial charge is 0.311 e. The first-order valence-electron chi connectivity index (χ1n) is 6.76. The summed E-state index contributed by atoms with van der Waals surface area (Å²) in [6, 6.07) is 5.93. The molecule has 1 aromatic carbocycles. The lowest BCUT2D eigenvalue weighted by atomic mass is 9.83. The van der Waals surface area contributed by atoms with E-state index in [1.54, 1.807) is 7.11 Å². The van der Waals surface area contributed by atoms with Crippen molar-refractivity contribution < 1.29 is 14.6 Å². The lowest BCUT2D eigenvalue weighted by molar-refractivity contribution is -0.139. The Morgan fingerprint density at radius 2 is 2.00 bits per heavy atom. The van der Waals surface area contributed by atoms with Gasteiger partial charge in [-0.2, -0.15) is 0 Å². The van der Waals surface area contributed by atoms with Gasteiger partial charge in [0.2, 0.25) is 0 Å². The van der Waals surface area contributed by atoms with E-state index in [4.69, 9.17) is 4.74 Å². The third-order valence-electron chi connectivity index (χ3n) is 3.79. The summed E-state index contributed by atoms with van der Waals surface area (Å²) in [5, 5.41) is 9.50. The Morgan fingerprint density at radius 1 is 1.37 bits per heavy atom. The van der Waals surface area contributed by atoms with Crippen LogP contribution in [-0.2, 0) is 10.2 Å². The number of hydrogen-bond donors (Lipinski definition) is 1. The van der Waals surface area contributed by atoms with Crippen LogP contribution in [0.1, 0.15) is 50.7 Å². The van der Waals surface area contributed by atoms with Crippen molar-refractivity contribution in [3.05, 3.63) is 29.3 Å². The number of carbonyl (C=O) groups is 1. The molecule has 0 spiro atoms. The second-order valence-corrected chi connectivity index (χ2v) is 6.36. The minimum atomic E-state index is -0.744. The van der Waals surface area contributed by atoms with Crippen LogP contribution in [0, 0.1) is 5.92 Å². The van der Waals surface area contributed by atoms with Crippen LogP contribution in [0.25, 0.3) is 0 Å². The lowest BCUT2D eigenvalue weighted by Crippen LogP contribution is -2.17. The van der Waals surface area contributed by atoms with Crippen molar-refractivity contribution in [2.45, 2.75) is 44.9 Å². The van der Waals surface area contributed by atoms with E-state index in [0.717, 1.165) is 24.0 Å². The highest BCUT2D eigenvalue weighted by Crippen LogP contribution is 2.46. The molecule has 1 unspecified atom stereocenters. The van der Waals surface area contributed by atoms with Crippen molar-refractivity contribution >= 4 is 5.97 Å². The number of hydrogen-bond acceptors (Lipinski definition) is 2. The molecule has 0 amide bonds. The standard InChI is InChI=1S/C16H22O3/c1-16(2,3)11-7-8-13(19-4)12(9-11)14(15(17)18)10-5-6-10/h7-10,14H,5-6H2,1-4H3,(H,17,18). The molecule has 19 heavy (non-hydrogen) atoms. The van der Waals surface area contributed by atoms with E-state index in [9.17, 15) is 9.90 Å². The van der Waals surface area contributed by atoms with Crippen LogP contribution in [-0.4, -0.2) is 18.2 Å². The van der Waals surface area contributed by atoms with Crippen LogP contribution in [0.2, 0.25) is 0 Å². The molecule has 3 heteroatoms. The van der Waals surface area contributed by atoms with Crippen molar-refractivity contribution in [3.8, 4) is 5.75 Å². The molecule has 0 saturated heterocycles. The van der Waals surface area contributed by atoms with Gasteiger partial charge in [-0.3, -0.25) is 4.79 Å². The molecule has 0 aliphatic heterocycles. The topological polar surface area (TPSA) is 46.5 Å². The highest BCUT2D eigenvalue weighted by atomic mass is 16.5. The Morgan fingerprint density at radius 3 is 2.42 bits per heavy atom. The fraction of sp³-hybridized carbons (Fsp3) is 0.562. The van der Waals surface area contributed by atoms with Gasteiger partial charge in [0.1, 0.15) is 5.75 Å². The average molecular weight is 262 g/mol. The molecule has 1 atom stereocenters. The highest BCUT2D eigenvalue weighted by molar-refractivity contribution is 5.78. The number of ether oxygens (including phenoxy) is 1. The molecule has 0 radical (unpaired) electrons. The van der Waals surface area contributed by atoms with Gasteiger partial charge in [-0.1, -0.05) is 32.9 Å². The molecule has 1 aromatic rings. The van der Waals surface area contributed by atoms with Gasteiger partial charge in [-0.15, -0.1) is 0 Å². The normalized spacial score (nSPS) is 17.1. The fourth-order valence-electron chi connectivity index (χ4n) is 2.46. The van der Waals surface area contributed by atoms with E-state index in [0.29, 0.717) is 5.75 Å². The maximum atomic E-state index is 11.6. The SMILES string of the molecule is COc1ccc(C(C)(C)C)cc1C(C(=O)O)C1CC1.